The molecular formula is C13H16ClNO. The monoisotopic (exact) mass is 237 g/mol. The van der Waals surface area contributed by atoms with Crippen molar-refractivity contribution < 1.29 is 4.74 Å². The maximum Gasteiger partial charge on any atom is 0.0687 e. The van der Waals surface area contributed by atoms with Crippen molar-refractivity contribution in [1.82, 2.24) is 5.32 Å². The number of hydrogen-bond donors (Lipinski definition) is 1. The highest BCUT2D eigenvalue weighted by Crippen LogP contribution is 2.12. The van der Waals surface area contributed by atoms with Gasteiger partial charge in [0.15, 0.2) is 0 Å². The number of rotatable bonds is 2. The van der Waals surface area contributed by atoms with Crippen LogP contribution in [0.1, 0.15) is 5.56 Å². The maximum atomic E-state index is 5.85. The first kappa shape index (κ1) is 11.6. The summed E-state index contributed by atoms with van der Waals surface area (Å²) < 4.78 is 5.53. The summed E-state index contributed by atoms with van der Waals surface area (Å²) >= 11 is 5.85. The second-order valence-corrected chi connectivity index (χ2v) is 4.61. The van der Waals surface area contributed by atoms with E-state index in [9.17, 15) is 0 Å². The molecule has 0 unspecified atom stereocenters. The molecule has 2 nitrogen and oxygen atoms in total. The Kier molecular flexibility index (Phi) is 3.99. The molecule has 0 amide bonds. The van der Waals surface area contributed by atoms with Crippen LogP contribution in [0, 0.1) is 0 Å². The molecule has 1 fully saturated rings. The summed E-state index contributed by atoms with van der Waals surface area (Å²) in [7, 11) is 0. The largest absolute Gasteiger partial charge is 0.375 e. The highest BCUT2D eigenvalue weighted by atomic mass is 35.5. The van der Waals surface area contributed by atoms with E-state index in [2.05, 4.69) is 24.0 Å². The third-order valence-corrected chi connectivity index (χ3v) is 2.91. The van der Waals surface area contributed by atoms with E-state index in [0.29, 0.717) is 12.6 Å². The van der Waals surface area contributed by atoms with Crippen molar-refractivity contribution in [1.29, 1.82) is 0 Å². The van der Waals surface area contributed by atoms with Gasteiger partial charge in [-0.1, -0.05) is 30.3 Å². The fraction of sp³-hybridized carbons (Fsp3) is 0.385. The van der Waals surface area contributed by atoms with Crippen LogP contribution in [0.3, 0.4) is 0 Å². The summed E-state index contributed by atoms with van der Waals surface area (Å²) in [6.07, 6.45) is 0.963. The fourth-order valence-electron chi connectivity index (χ4n) is 1.78. The molecule has 0 aliphatic carbocycles. The van der Waals surface area contributed by atoms with Crippen LogP contribution >= 0.6 is 11.6 Å². The van der Waals surface area contributed by atoms with Crippen LogP contribution in [0.15, 0.2) is 36.4 Å². The van der Waals surface area contributed by atoms with Gasteiger partial charge in [-0.3, -0.25) is 0 Å². The first-order chi connectivity index (χ1) is 7.74. The maximum absolute atomic E-state index is 5.85. The normalized spacial score (nSPS) is 21.8. The molecule has 0 bridgehead atoms. The third-order valence-electron chi connectivity index (χ3n) is 2.66. The number of benzene rings is 1. The van der Waals surface area contributed by atoms with E-state index in [1.165, 1.54) is 5.56 Å². The molecule has 1 aromatic carbocycles. The van der Waals surface area contributed by atoms with Gasteiger partial charge in [-0.05, 0) is 29.7 Å². The molecule has 1 aliphatic rings. The van der Waals surface area contributed by atoms with Gasteiger partial charge < -0.3 is 10.1 Å². The van der Waals surface area contributed by atoms with Gasteiger partial charge in [0.2, 0.25) is 0 Å². The topological polar surface area (TPSA) is 21.3 Å². The van der Waals surface area contributed by atoms with Gasteiger partial charge in [-0.15, -0.1) is 0 Å². The summed E-state index contributed by atoms with van der Waals surface area (Å²) in [5, 5.41) is 4.22. The zero-order valence-electron chi connectivity index (χ0n) is 9.21. The standard InChI is InChI=1S/C13H16ClNO/c1-10-7-15-13(9-16-8-10)6-11-2-4-12(14)5-3-11/h2-5,13,15H,1,6-9H2/t13-/m0/s1. The van der Waals surface area contributed by atoms with Gasteiger partial charge in [0, 0.05) is 17.6 Å². The first-order valence-corrected chi connectivity index (χ1v) is 5.84. The molecule has 1 atom stereocenters. The molecule has 1 N–H and O–H groups in total. The van der Waals surface area contributed by atoms with Crippen LogP contribution in [0.25, 0.3) is 0 Å². The van der Waals surface area contributed by atoms with Crippen LogP contribution in [-0.2, 0) is 11.2 Å². The first-order valence-electron chi connectivity index (χ1n) is 5.46. The van der Waals surface area contributed by atoms with Crippen molar-refractivity contribution in [3.8, 4) is 0 Å². The quantitative estimate of drug-likeness (QED) is 0.798. The summed E-state index contributed by atoms with van der Waals surface area (Å²) in [5.74, 6) is 0. The summed E-state index contributed by atoms with van der Waals surface area (Å²) in [5.41, 5.74) is 2.39. The Labute approximate surface area is 101 Å². The van der Waals surface area contributed by atoms with Gasteiger partial charge in [-0.2, -0.15) is 0 Å². The van der Waals surface area contributed by atoms with E-state index in [1.54, 1.807) is 0 Å². The highest BCUT2D eigenvalue weighted by molar-refractivity contribution is 6.30. The van der Waals surface area contributed by atoms with Crippen LogP contribution in [0.2, 0.25) is 5.02 Å². The van der Waals surface area contributed by atoms with E-state index in [0.717, 1.165) is 30.2 Å². The number of ether oxygens (including phenoxy) is 1. The summed E-state index contributed by atoms with van der Waals surface area (Å²) in [6.45, 7) is 6.18. The summed E-state index contributed by atoms with van der Waals surface area (Å²) in [6, 6.07) is 8.33. The van der Waals surface area contributed by atoms with Crippen molar-refractivity contribution in [2.45, 2.75) is 12.5 Å². The van der Waals surface area contributed by atoms with Gasteiger partial charge in [-0.25, -0.2) is 0 Å². The van der Waals surface area contributed by atoms with E-state index >= 15 is 0 Å². The third kappa shape index (κ3) is 3.34. The van der Waals surface area contributed by atoms with Crippen molar-refractivity contribution in [2.75, 3.05) is 19.8 Å². The minimum atomic E-state index is 0.362. The van der Waals surface area contributed by atoms with E-state index in [-0.39, 0.29) is 0 Å². The molecule has 0 radical (unpaired) electrons. The lowest BCUT2D eigenvalue weighted by Crippen LogP contribution is -2.33. The molecule has 1 heterocycles. The Bertz CT molecular complexity index is 361. The summed E-state index contributed by atoms with van der Waals surface area (Å²) in [4.78, 5) is 0. The molecule has 0 saturated carbocycles. The highest BCUT2D eigenvalue weighted by Gasteiger charge is 2.13. The van der Waals surface area contributed by atoms with Crippen molar-refractivity contribution >= 4 is 11.6 Å². The van der Waals surface area contributed by atoms with Crippen LogP contribution in [-0.4, -0.2) is 25.8 Å². The molecule has 1 aliphatic heterocycles. The van der Waals surface area contributed by atoms with Gasteiger partial charge in [0.25, 0.3) is 0 Å². The van der Waals surface area contributed by atoms with Gasteiger partial charge >= 0.3 is 0 Å². The number of nitrogens with one attached hydrogen (secondary N) is 1. The zero-order chi connectivity index (χ0) is 11.4. The lowest BCUT2D eigenvalue weighted by molar-refractivity contribution is 0.145. The Morgan fingerprint density at radius 1 is 1.38 bits per heavy atom. The number of halogens is 1. The lowest BCUT2D eigenvalue weighted by atomic mass is 10.1. The molecule has 1 saturated heterocycles. The molecular weight excluding hydrogens is 222 g/mol. The van der Waals surface area contributed by atoms with Crippen molar-refractivity contribution in [2.24, 2.45) is 0 Å². The molecule has 1 aromatic rings. The SMILES string of the molecule is C=C1CN[C@@H](Cc2ccc(Cl)cc2)COC1. The van der Waals surface area contributed by atoms with Gasteiger partial charge in [0.05, 0.1) is 13.2 Å². The van der Waals surface area contributed by atoms with Gasteiger partial charge in [0.1, 0.15) is 0 Å². The Hall–Kier alpha value is -0.830. The Balaban J connectivity index is 1.93. The van der Waals surface area contributed by atoms with Crippen LogP contribution in [0.4, 0.5) is 0 Å². The molecule has 2 rings (SSSR count). The Morgan fingerprint density at radius 3 is 2.88 bits per heavy atom. The van der Waals surface area contributed by atoms with E-state index in [4.69, 9.17) is 16.3 Å². The second kappa shape index (κ2) is 5.48. The molecule has 16 heavy (non-hydrogen) atoms. The van der Waals surface area contributed by atoms with Crippen molar-refractivity contribution in [3.63, 3.8) is 0 Å². The second-order valence-electron chi connectivity index (χ2n) is 4.17. The average molecular weight is 238 g/mol. The predicted octanol–water partition coefficient (Wildman–Crippen LogP) is 2.43. The molecule has 86 valence electrons. The zero-order valence-corrected chi connectivity index (χ0v) is 9.96. The minimum absolute atomic E-state index is 0.362. The average Bonchev–Trinajstić information content (AvgIpc) is 2.47. The lowest BCUT2D eigenvalue weighted by Gasteiger charge is -2.14. The smallest absolute Gasteiger partial charge is 0.0687 e. The molecule has 0 aromatic heterocycles. The van der Waals surface area contributed by atoms with Crippen molar-refractivity contribution in [3.05, 3.63) is 47.0 Å². The molecule has 3 heteroatoms. The van der Waals surface area contributed by atoms with E-state index < -0.39 is 0 Å². The Morgan fingerprint density at radius 2 is 2.12 bits per heavy atom. The van der Waals surface area contributed by atoms with Crippen LogP contribution in [0.5, 0.6) is 0 Å². The fourth-order valence-corrected chi connectivity index (χ4v) is 1.91. The minimum Gasteiger partial charge on any atom is -0.375 e. The predicted molar refractivity (Wildman–Crippen MR) is 66.9 cm³/mol. The van der Waals surface area contributed by atoms with Crippen LogP contribution < -0.4 is 5.32 Å². The number of hydrogen-bond acceptors (Lipinski definition) is 2. The molecule has 0 spiro atoms. The van der Waals surface area contributed by atoms with E-state index in [1.807, 2.05) is 12.1 Å².